The number of fused-ring (bicyclic) bond motifs is 1. The van der Waals surface area contributed by atoms with Crippen LogP contribution in [0.25, 0.3) is 10.2 Å². The minimum Gasteiger partial charge on any atom is -0.389 e. The Morgan fingerprint density at radius 2 is 2.15 bits per heavy atom. The summed E-state index contributed by atoms with van der Waals surface area (Å²) in [5.41, 5.74) is 1.71. The van der Waals surface area contributed by atoms with Crippen LogP contribution < -0.4 is 16.2 Å². The van der Waals surface area contributed by atoms with E-state index in [1.165, 1.54) is 4.88 Å². The molecule has 0 fully saturated rings. The summed E-state index contributed by atoms with van der Waals surface area (Å²) < 4.78 is 0. The third kappa shape index (κ3) is 3.17. The van der Waals surface area contributed by atoms with Crippen LogP contribution in [-0.4, -0.2) is 33.8 Å². The topological polar surface area (TPSA) is 87.3 Å². The molecule has 0 aliphatic carbocycles. The van der Waals surface area contributed by atoms with Gasteiger partial charge in [0.15, 0.2) is 0 Å². The number of thiophene rings is 1. The molecule has 7 heteroatoms. The summed E-state index contributed by atoms with van der Waals surface area (Å²) in [7, 11) is 0. The van der Waals surface area contributed by atoms with Crippen LogP contribution in [0, 0.1) is 6.92 Å². The monoisotopic (exact) mass is 295 g/mol. The van der Waals surface area contributed by atoms with Crippen molar-refractivity contribution in [3.8, 4) is 0 Å². The molecule has 110 valence electrons. The summed E-state index contributed by atoms with van der Waals surface area (Å²) in [6.45, 7) is 8.89. The van der Waals surface area contributed by atoms with Gasteiger partial charge in [-0.2, -0.15) is 4.98 Å². The molecule has 0 saturated carbocycles. The van der Waals surface area contributed by atoms with Crippen LogP contribution in [0.5, 0.6) is 0 Å². The number of anilines is 2. The summed E-state index contributed by atoms with van der Waals surface area (Å²) in [6, 6.07) is 2.07. The minimum absolute atomic E-state index is 0.392. The smallest absolute Gasteiger partial charge is 0.240 e. The SMILES string of the molecule is CCN(CC(C)(C)O)c1nc(NN)nc2sc(C)cc12. The van der Waals surface area contributed by atoms with E-state index in [1.54, 1.807) is 25.2 Å². The van der Waals surface area contributed by atoms with E-state index >= 15 is 0 Å². The van der Waals surface area contributed by atoms with Crippen LogP contribution in [-0.2, 0) is 0 Å². The first-order valence-corrected chi connectivity index (χ1v) is 7.38. The van der Waals surface area contributed by atoms with Gasteiger partial charge in [0.25, 0.3) is 0 Å². The average Bonchev–Trinajstić information content (AvgIpc) is 2.73. The highest BCUT2D eigenvalue weighted by Crippen LogP contribution is 2.32. The number of nitrogen functional groups attached to an aromatic ring is 1. The maximum Gasteiger partial charge on any atom is 0.240 e. The molecule has 6 nitrogen and oxygen atoms in total. The summed E-state index contributed by atoms with van der Waals surface area (Å²) in [4.78, 5) is 12.9. The molecular weight excluding hydrogens is 274 g/mol. The van der Waals surface area contributed by atoms with Crippen LogP contribution in [0.4, 0.5) is 11.8 Å². The second kappa shape index (κ2) is 5.51. The second-order valence-corrected chi connectivity index (χ2v) is 6.65. The van der Waals surface area contributed by atoms with Gasteiger partial charge in [-0.25, -0.2) is 10.8 Å². The Hall–Kier alpha value is -1.44. The number of aryl methyl sites for hydroxylation is 1. The molecule has 4 N–H and O–H groups in total. The van der Waals surface area contributed by atoms with Crippen molar-refractivity contribution in [2.45, 2.75) is 33.3 Å². The lowest BCUT2D eigenvalue weighted by Crippen LogP contribution is -2.39. The van der Waals surface area contributed by atoms with Gasteiger partial charge >= 0.3 is 0 Å². The number of nitrogens with one attached hydrogen (secondary N) is 1. The molecule has 0 amide bonds. The molecule has 2 aromatic heterocycles. The molecule has 0 saturated heterocycles. The molecule has 0 atom stereocenters. The van der Waals surface area contributed by atoms with Crippen molar-refractivity contribution < 1.29 is 5.11 Å². The van der Waals surface area contributed by atoms with Gasteiger partial charge in [0.05, 0.1) is 11.0 Å². The number of hydrazine groups is 1. The van der Waals surface area contributed by atoms with E-state index in [2.05, 4.69) is 21.5 Å². The molecule has 0 unspecified atom stereocenters. The quantitative estimate of drug-likeness (QED) is 0.577. The lowest BCUT2D eigenvalue weighted by atomic mass is 10.1. The Bertz CT molecular complexity index is 605. The standard InChI is InChI=1S/C13H21N5OS/c1-5-18(7-13(3,4)19)10-9-6-8(2)20-11(9)16-12(15-10)17-14/h6,19H,5,7,14H2,1-4H3,(H,15,16,17). The third-order valence-corrected chi connectivity index (χ3v) is 3.83. The minimum atomic E-state index is -0.797. The maximum atomic E-state index is 10.1. The Morgan fingerprint density at radius 1 is 1.45 bits per heavy atom. The van der Waals surface area contributed by atoms with Gasteiger partial charge in [-0.15, -0.1) is 11.3 Å². The van der Waals surface area contributed by atoms with E-state index in [0.717, 1.165) is 22.6 Å². The van der Waals surface area contributed by atoms with Gasteiger partial charge in [-0.05, 0) is 33.8 Å². The molecule has 2 rings (SSSR count). The van der Waals surface area contributed by atoms with E-state index in [9.17, 15) is 5.11 Å². The van der Waals surface area contributed by atoms with E-state index in [4.69, 9.17) is 5.84 Å². The molecule has 20 heavy (non-hydrogen) atoms. The number of hydrogen-bond acceptors (Lipinski definition) is 7. The predicted molar refractivity (Wildman–Crippen MR) is 84.1 cm³/mol. The van der Waals surface area contributed by atoms with Crippen LogP contribution >= 0.6 is 11.3 Å². The summed E-state index contributed by atoms with van der Waals surface area (Å²) in [5.74, 6) is 6.64. The highest BCUT2D eigenvalue weighted by atomic mass is 32.1. The van der Waals surface area contributed by atoms with Crippen molar-refractivity contribution in [2.24, 2.45) is 5.84 Å². The first-order valence-electron chi connectivity index (χ1n) is 6.56. The van der Waals surface area contributed by atoms with Gasteiger partial charge in [-0.1, -0.05) is 0 Å². The number of nitrogens with zero attached hydrogens (tertiary/aromatic N) is 3. The number of aliphatic hydroxyl groups is 1. The molecule has 0 radical (unpaired) electrons. The van der Waals surface area contributed by atoms with Crippen molar-refractivity contribution in [3.63, 3.8) is 0 Å². The van der Waals surface area contributed by atoms with Crippen LogP contribution in [0.1, 0.15) is 25.6 Å². The number of likely N-dealkylation sites (N-methyl/N-ethyl adjacent to an activating group) is 1. The molecule has 0 aliphatic heterocycles. The Labute approximate surface area is 122 Å². The molecule has 0 aliphatic rings. The number of hydrogen-bond donors (Lipinski definition) is 3. The van der Waals surface area contributed by atoms with Crippen molar-refractivity contribution >= 4 is 33.3 Å². The zero-order valence-corrected chi connectivity index (χ0v) is 13.1. The average molecular weight is 295 g/mol. The molecular formula is C13H21N5OS. The fourth-order valence-corrected chi connectivity index (χ4v) is 3.01. The zero-order valence-electron chi connectivity index (χ0n) is 12.3. The van der Waals surface area contributed by atoms with Crippen molar-refractivity contribution in [2.75, 3.05) is 23.4 Å². The largest absolute Gasteiger partial charge is 0.389 e. The molecule has 0 bridgehead atoms. The molecule has 2 heterocycles. The van der Waals surface area contributed by atoms with Gasteiger partial charge < -0.3 is 10.0 Å². The van der Waals surface area contributed by atoms with Crippen LogP contribution in [0.3, 0.4) is 0 Å². The first-order chi connectivity index (χ1) is 9.34. The molecule has 0 aromatic carbocycles. The highest BCUT2D eigenvalue weighted by Gasteiger charge is 2.21. The van der Waals surface area contributed by atoms with Crippen molar-refractivity contribution in [3.05, 3.63) is 10.9 Å². The molecule has 0 spiro atoms. The van der Waals surface area contributed by atoms with Crippen molar-refractivity contribution in [1.82, 2.24) is 9.97 Å². The number of aromatic nitrogens is 2. The van der Waals surface area contributed by atoms with E-state index < -0.39 is 5.60 Å². The fraction of sp³-hybridized carbons (Fsp3) is 0.538. The van der Waals surface area contributed by atoms with Gasteiger partial charge in [0.1, 0.15) is 10.6 Å². The van der Waals surface area contributed by atoms with Gasteiger partial charge in [0, 0.05) is 18.0 Å². The lowest BCUT2D eigenvalue weighted by molar-refractivity contribution is 0.0875. The van der Waals surface area contributed by atoms with E-state index in [-0.39, 0.29) is 0 Å². The Kier molecular flexibility index (Phi) is 4.12. The molecule has 2 aromatic rings. The van der Waals surface area contributed by atoms with Gasteiger partial charge in [-0.3, -0.25) is 5.43 Å². The number of rotatable bonds is 5. The fourth-order valence-electron chi connectivity index (χ4n) is 2.14. The predicted octanol–water partition coefficient (Wildman–Crippen LogP) is 1.88. The van der Waals surface area contributed by atoms with Crippen molar-refractivity contribution in [1.29, 1.82) is 0 Å². The summed E-state index contributed by atoms with van der Waals surface area (Å²) >= 11 is 1.61. The normalized spacial score (nSPS) is 11.9. The summed E-state index contributed by atoms with van der Waals surface area (Å²) in [6.07, 6.45) is 0. The van der Waals surface area contributed by atoms with Gasteiger partial charge in [0.2, 0.25) is 5.95 Å². The Balaban J connectivity index is 2.54. The number of nitrogens with two attached hydrogens (primary N) is 1. The van der Waals surface area contributed by atoms with Crippen LogP contribution in [0.15, 0.2) is 6.07 Å². The zero-order chi connectivity index (χ0) is 14.9. The third-order valence-electron chi connectivity index (χ3n) is 2.88. The lowest BCUT2D eigenvalue weighted by Gasteiger charge is -2.29. The van der Waals surface area contributed by atoms with E-state index in [0.29, 0.717) is 12.5 Å². The van der Waals surface area contributed by atoms with Crippen LogP contribution in [0.2, 0.25) is 0 Å². The maximum absolute atomic E-state index is 10.1. The Morgan fingerprint density at radius 3 is 2.70 bits per heavy atom. The highest BCUT2D eigenvalue weighted by molar-refractivity contribution is 7.18. The summed E-state index contributed by atoms with van der Waals surface area (Å²) in [5, 5.41) is 11.1. The second-order valence-electron chi connectivity index (χ2n) is 5.42. The van der Waals surface area contributed by atoms with E-state index in [1.807, 2.05) is 18.7 Å². The first kappa shape index (κ1) is 15.0.